The highest BCUT2D eigenvalue weighted by atomic mass is 32.2. The van der Waals surface area contributed by atoms with Crippen LogP contribution in [0, 0.1) is 22.7 Å². The van der Waals surface area contributed by atoms with Crippen LogP contribution in [0.3, 0.4) is 0 Å². The van der Waals surface area contributed by atoms with Gasteiger partial charge in [-0.05, 0) is 51.9 Å². The molecule has 1 spiro atoms. The van der Waals surface area contributed by atoms with E-state index in [1.54, 1.807) is 0 Å². The number of ether oxygens (including phenoxy) is 1. The number of carbonyl (C=O) groups is 1. The second-order valence-electron chi connectivity index (χ2n) is 8.46. The van der Waals surface area contributed by atoms with Crippen molar-refractivity contribution in [3.63, 3.8) is 0 Å². The molecule has 3 rings (SSSR count). The van der Waals surface area contributed by atoms with Crippen molar-refractivity contribution in [2.45, 2.75) is 50.2 Å². The molecule has 2 bridgehead atoms. The number of hydrogen-bond donors (Lipinski definition) is 2. The molecule has 3 unspecified atom stereocenters. The van der Waals surface area contributed by atoms with E-state index in [-0.39, 0.29) is 29.4 Å². The molecular formula is C17H28O4S2. The second kappa shape index (κ2) is 6.11. The van der Waals surface area contributed by atoms with Crippen LogP contribution in [0.4, 0.5) is 0 Å². The van der Waals surface area contributed by atoms with E-state index in [9.17, 15) is 15.0 Å². The molecule has 2 aliphatic carbocycles. The molecule has 0 radical (unpaired) electrons. The molecule has 6 heteroatoms. The largest absolute Gasteiger partial charge is 0.459 e. The summed E-state index contributed by atoms with van der Waals surface area (Å²) in [6, 6.07) is 0. The van der Waals surface area contributed by atoms with Crippen molar-refractivity contribution in [1.29, 1.82) is 0 Å². The Labute approximate surface area is 147 Å². The molecule has 0 aromatic heterocycles. The van der Waals surface area contributed by atoms with E-state index in [2.05, 4.69) is 0 Å². The molecular weight excluding hydrogens is 332 g/mol. The summed E-state index contributed by atoms with van der Waals surface area (Å²) >= 11 is 3.64. The highest BCUT2D eigenvalue weighted by Crippen LogP contribution is 2.66. The molecule has 3 fully saturated rings. The maximum Gasteiger partial charge on any atom is 0.311 e. The fourth-order valence-electron chi connectivity index (χ4n) is 3.94. The van der Waals surface area contributed by atoms with Gasteiger partial charge in [-0.15, -0.1) is 23.5 Å². The summed E-state index contributed by atoms with van der Waals surface area (Å²) in [4.78, 5) is 12.4. The highest BCUT2D eigenvalue weighted by molar-refractivity contribution is 8.19. The Bertz CT molecular complexity index is 460. The van der Waals surface area contributed by atoms with Crippen LogP contribution in [0.25, 0.3) is 0 Å². The zero-order valence-corrected chi connectivity index (χ0v) is 15.8. The minimum absolute atomic E-state index is 0.0140. The number of carbonyl (C=O) groups excluding carboxylic acids is 1. The van der Waals surface area contributed by atoms with E-state index in [1.807, 2.05) is 44.3 Å². The van der Waals surface area contributed by atoms with Crippen LogP contribution in [0.5, 0.6) is 0 Å². The van der Waals surface area contributed by atoms with Crippen LogP contribution in [0.1, 0.15) is 40.0 Å². The van der Waals surface area contributed by atoms with Gasteiger partial charge in [0.05, 0.1) is 18.6 Å². The smallest absolute Gasteiger partial charge is 0.311 e. The van der Waals surface area contributed by atoms with E-state index >= 15 is 0 Å². The molecule has 23 heavy (non-hydrogen) atoms. The van der Waals surface area contributed by atoms with Crippen molar-refractivity contribution in [1.82, 2.24) is 0 Å². The van der Waals surface area contributed by atoms with E-state index in [0.29, 0.717) is 11.8 Å². The Hall–Kier alpha value is 0.0900. The van der Waals surface area contributed by atoms with Crippen LogP contribution in [0.15, 0.2) is 0 Å². The number of esters is 1. The van der Waals surface area contributed by atoms with Gasteiger partial charge in [-0.3, -0.25) is 4.79 Å². The number of aliphatic hydroxyl groups excluding tert-OH is 2. The third kappa shape index (κ3) is 2.94. The Morgan fingerprint density at radius 2 is 1.78 bits per heavy atom. The molecule has 3 aliphatic rings. The zero-order chi connectivity index (χ0) is 16.9. The first kappa shape index (κ1) is 17.9. The fourth-order valence-corrected chi connectivity index (χ4v) is 8.09. The predicted octanol–water partition coefficient (Wildman–Crippen LogP) is 2.52. The first-order valence-corrected chi connectivity index (χ1v) is 10.4. The Kier molecular flexibility index (Phi) is 4.76. The topological polar surface area (TPSA) is 66.8 Å². The molecule has 132 valence electrons. The van der Waals surface area contributed by atoms with Crippen molar-refractivity contribution in [2.24, 2.45) is 22.7 Å². The molecule has 2 saturated carbocycles. The van der Waals surface area contributed by atoms with Gasteiger partial charge < -0.3 is 14.9 Å². The minimum Gasteiger partial charge on any atom is -0.459 e. The van der Waals surface area contributed by atoms with E-state index in [1.165, 1.54) is 6.42 Å². The van der Waals surface area contributed by atoms with E-state index < -0.39 is 10.8 Å². The standard InChI is InChI=1S/C17H28O4S2/c1-15(2,3)14(20)21-13-11-4-5-12(6-11)17(13)22-9-16(7-18,8-19)10-23-17/h11-13,18-19H,4-10H2,1-3H3. The van der Waals surface area contributed by atoms with Crippen LogP contribution in [0.2, 0.25) is 0 Å². The Morgan fingerprint density at radius 1 is 1.17 bits per heavy atom. The van der Waals surface area contributed by atoms with Gasteiger partial charge >= 0.3 is 5.97 Å². The number of thioether (sulfide) groups is 2. The summed E-state index contributed by atoms with van der Waals surface area (Å²) < 4.78 is 5.96. The summed E-state index contributed by atoms with van der Waals surface area (Å²) in [5.74, 6) is 2.41. The molecule has 0 amide bonds. The lowest BCUT2D eigenvalue weighted by atomic mass is 9.93. The summed E-state index contributed by atoms with van der Waals surface area (Å²) in [6.45, 7) is 5.73. The summed E-state index contributed by atoms with van der Waals surface area (Å²) in [5, 5.41) is 19.3. The molecule has 1 aliphatic heterocycles. The lowest BCUT2D eigenvalue weighted by molar-refractivity contribution is -0.161. The van der Waals surface area contributed by atoms with Crippen molar-refractivity contribution in [2.75, 3.05) is 24.7 Å². The van der Waals surface area contributed by atoms with Gasteiger partial charge in [0.1, 0.15) is 10.2 Å². The molecule has 4 nitrogen and oxygen atoms in total. The lowest BCUT2D eigenvalue weighted by Crippen LogP contribution is -2.52. The third-order valence-corrected chi connectivity index (χ3v) is 9.85. The molecule has 1 heterocycles. The van der Waals surface area contributed by atoms with E-state index in [0.717, 1.165) is 24.3 Å². The Morgan fingerprint density at radius 3 is 2.30 bits per heavy atom. The van der Waals surface area contributed by atoms with Crippen molar-refractivity contribution in [3.8, 4) is 0 Å². The van der Waals surface area contributed by atoms with Gasteiger partial charge in [0, 0.05) is 16.9 Å². The molecule has 0 aromatic carbocycles. The summed E-state index contributed by atoms with van der Waals surface area (Å²) in [5.41, 5.74) is -0.881. The van der Waals surface area contributed by atoms with Crippen LogP contribution in [-0.4, -0.2) is 51.1 Å². The number of fused-ring (bicyclic) bond motifs is 3. The lowest BCUT2D eigenvalue weighted by Gasteiger charge is -2.49. The highest BCUT2D eigenvalue weighted by Gasteiger charge is 2.63. The van der Waals surface area contributed by atoms with E-state index in [4.69, 9.17) is 4.74 Å². The van der Waals surface area contributed by atoms with Gasteiger partial charge in [-0.1, -0.05) is 0 Å². The SMILES string of the molecule is CC(C)(C)C(=O)OC1C2CCC(C2)C12SCC(CO)(CO)CS2. The maximum absolute atomic E-state index is 12.4. The summed E-state index contributed by atoms with van der Waals surface area (Å²) in [6.07, 6.45) is 3.48. The molecule has 0 aromatic rings. The second-order valence-corrected chi connectivity index (χ2v) is 11.2. The summed E-state index contributed by atoms with van der Waals surface area (Å²) in [7, 11) is 0. The zero-order valence-electron chi connectivity index (χ0n) is 14.2. The van der Waals surface area contributed by atoms with Crippen molar-refractivity contribution in [3.05, 3.63) is 0 Å². The first-order valence-electron chi connectivity index (χ1n) is 8.47. The van der Waals surface area contributed by atoms with Gasteiger partial charge in [-0.2, -0.15) is 0 Å². The van der Waals surface area contributed by atoms with Gasteiger partial charge in [-0.25, -0.2) is 0 Å². The maximum atomic E-state index is 12.4. The number of aliphatic hydroxyl groups is 2. The van der Waals surface area contributed by atoms with Gasteiger partial charge in [0.2, 0.25) is 0 Å². The van der Waals surface area contributed by atoms with Crippen LogP contribution in [-0.2, 0) is 9.53 Å². The average Bonchev–Trinajstić information content (AvgIpc) is 3.10. The molecule has 3 atom stereocenters. The number of hydrogen-bond acceptors (Lipinski definition) is 6. The fraction of sp³-hybridized carbons (Fsp3) is 0.941. The van der Waals surface area contributed by atoms with Crippen LogP contribution >= 0.6 is 23.5 Å². The quantitative estimate of drug-likeness (QED) is 0.754. The third-order valence-electron chi connectivity index (χ3n) is 5.59. The van der Waals surface area contributed by atoms with Gasteiger partial charge in [0.25, 0.3) is 0 Å². The Balaban J connectivity index is 1.79. The average molecular weight is 361 g/mol. The first-order chi connectivity index (χ1) is 10.8. The van der Waals surface area contributed by atoms with Crippen molar-refractivity contribution >= 4 is 29.5 Å². The van der Waals surface area contributed by atoms with Crippen LogP contribution < -0.4 is 0 Å². The minimum atomic E-state index is -0.479. The normalized spacial score (nSPS) is 34.7. The van der Waals surface area contributed by atoms with Crippen molar-refractivity contribution < 1.29 is 19.7 Å². The molecule has 2 N–H and O–H groups in total. The number of rotatable bonds is 3. The molecule has 1 saturated heterocycles. The van der Waals surface area contributed by atoms with Gasteiger partial charge in [0.15, 0.2) is 0 Å². The monoisotopic (exact) mass is 360 g/mol. The predicted molar refractivity (Wildman–Crippen MR) is 94.4 cm³/mol.